The number of aromatic nitrogens is 1. The first kappa shape index (κ1) is 11.5. The van der Waals surface area contributed by atoms with Gasteiger partial charge in [-0.3, -0.25) is 9.78 Å². The molecule has 0 spiro atoms. The van der Waals surface area contributed by atoms with E-state index in [4.69, 9.17) is 0 Å². The van der Waals surface area contributed by atoms with Gasteiger partial charge in [-0.25, -0.2) is 0 Å². The van der Waals surface area contributed by atoms with Crippen molar-refractivity contribution >= 4 is 5.91 Å². The predicted molar refractivity (Wildman–Crippen MR) is 67.3 cm³/mol. The second kappa shape index (κ2) is 4.59. The highest BCUT2D eigenvalue weighted by Gasteiger charge is 2.31. The molecule has 2 fully saturated rings. The zero-order valence-electron chi connectivity index (χ0n) is 10.4. The van der Waals surface area contributed by atoms with Crippen molar-refractivity contribution in [2.75, 3.05) is 13.1 Å². The molecular formula is C14H18N2O2. The molecule has 0 unspecified atom stereocenters. The van der Waals surface area contributed by atoms with Crippen molar-refractivity contribution in [2.24, 2.45) is 11.8 Å². The van der Waals surface area contributed by atoms with Gasteiger partial charge in [-0.2, -0.15) is 0 Å². The van der Waals surface area contributed by atoms with Crippen LogP contribution in [0.4, 0.5) is 0 Å². The number of pyridine rings is 1. The van der Waals surface area contributed by atoms with E-state index in [1.807, 2.05) is 4.90 Å². The Balaban J connectivity index is 1.72. The largest absolute Gasteiger partial charge is 0.506 e. The third-order valence-electron chi connectivity index (χ3n) is 3.61. The number of carbonyl (C=O) groups excluding carboxylic acids is 1. The molecule has 2 aliphatic carbocycles. The molecule has 0 atom stereocenters. The first-order chi connectivity index (χ1) is 8.72. The minimum atomic E-state index is 0.0113. The van der Waals surface area contributed by atoms with Crippen molar-refractivity contribution < 1.29 is 9.90 Å². The molecule has 1 aromatic rings. The summed E-state index contributed by atoms with van der Waals surface area (Å²) < 4.78 is 0. The van der Waals surface area contributed by atoms with Crippen LogP contribution in [0.1, 0.15) is 36.0 Å². The van der Waals surface area contributed by atoms with Crippen LogP contribution >= 0.6 is 0 Å². The average molecular weight is 246 g/mol. The van der Waals surface area contributed by atoms with Gasteiger partial charge in [0, 0.05) is 19.3 Å². The summed E-state index contributed by atoms with van der Waals surface area (Å²) in [5.41, 5.74) is 0.497. The molecule has 4 heteroatoms. The number of carbonyl (C=O) groups is 1. The van der Waals surface area contributed by atoms with E-state index in [9.17, 15) is 9.90 Å². The van der Waals surface area contributed by atoms with E-state index in [-0.39, 0.29) is 11.7 Å². The molecule has 1 N–H and O–H groups in total. The molecule has 2 saturated carbocycles. The zero-order chi connectivity index (χ0) is 12.5. The summed E-state index contributed by atoms with van der Waals surface area (Å²) in [6.07, 6.45) is 7.86. The first-order valence-electron chi connectivity index (χ1n) is 6.65. The molecular weight excluding hydrogens is 228 g/mol. The van der Waals surface area contributed by atoms with Crippen molar-refractivity contribution in [3.8, 4) is 5.75 Å². The standard InChI is InChI=1S/C14H18N2O2/c17-13-5-12(6-15-7-13)14(18)16(8-10-1-2-10)9-11-3-4-11/h5-7,10-11,17H,1-4,8-9H2. The molecule has 0 aromatic carbocycles. The van der Waals surface area contributed by atoms with Gasteiger partial charge < -0.3 is 10.0 Å². The summed E-state index contributed by atoms with van der Waals surface area (Å²) in [7, 11) is 0. The summed E-state index contributed by atoms with van der Waals surface area (Å²) in [6.45, 7) is 1.73. The van der Waals surface area contributed by atoms with Crippen LogP contribution in [0.3, 0.4) is 0 Å². The van der Waals surface area contributed by atoms with E-state index in [0.29, 0.717) is 17.4 Å². The Kier molecular flexibility index (Phi) is 2.94. The molecule has 1 heterocycles. The summed E-state index contributed by atoms with van der Waals surface area (Å²) in [4.78, 5) is 18.2. The smallest absolute Gasteiger partial charge is 0.255 e. The normalized spacial score (nSPS) is 18.7. The van der Waals surface area contributed by atoms with Crippen molar-refractivity contribution in [3.63, 3.8) is 0 Å². The zero-order valence-corrected chi connectivity index (χ0v) is 10.4. The second-order valence-electron chi connectivity index (χ2n) is 5.53. The fourth-order valence-corrected chi connectivity index (χ4v) is 2.19. The second-order valence-corrected chi connectivity index (χ2v) is 5.53. The Morgan fingerprint density at radius 1 is 1.22 bits per heavy atom. The Hall–Kier alpha value is -1.58. The maximum atomic E-state index is 12.4. The molecule has 18 heavy (non-hydrogen) atoms. The van der Waals surface area contributed by atoms with E-state index >= 15 is 0 Å². The van der Waals surface area contributed by atoms with Crippen LogP contribution in [0.2, 0.25) is 0 Å². The average Bonchev–Trinajstić information content (AvgIpc) is 3.22. The van der Waals surface area contributed by atoms with Gasteiger partial charge in [-0.05, 0) is 43.6 Å². The molecule has 4 nitrogen and oxygen atoms in total. The SMILES string of the molecule is O=C(c1cncc(O)c1)N(CC1CC1)CC1CC1. The van der Waals surface area contributed by atoms with Crippen LogP contribution in [-0.2, 0) is 0 Å². The first-order valence-corrected chi connectivity index (χ1v) is 6.65. The van der Waals surface area contributed by atoms with Crippen molar-refractivity contribution in [2.45, 2.75) is 25.7 Å². The Labute approximate surface area is 107 Å². The van der Waals surface area contributed by atoms with Crippen LogP contribution in [0.5, 0.6) is 5.75 Å². The van der Waals surface area contributed by atoms with Gasteiger partial charge in [0.05, 0.1) is 11.8 Å². The maximum Gasteiger partial charge on any atom is 0.255 e. The van der Waals surface area contributed by atoms with Gasteiger partial charge in [-0.15, -0.1) is 0 Å². The van der Waals surface area contributed by atoms with Crippen LogP contribution in [0, 0.1) is 11.8 Å². The van der Waals surface area contributed by atoms with Crippen molar-refractivity contribution in [1.82, 2.24) is 9.88 Å². The van der Waals surface area contributed by atoms with Crippen LogP contribution in [0.25, 0.3) is 0 Å². The lowest BCUT2D eigenvalue weighted by Gasteiger charge is -2.22. The molecule has 1 aromatic heterocycles. The van der Waals surface area contributed by atoms with Crippen molar-refractivity contribution in [3.05, 3.63) is 24.0 Å². The third-order valence-corrected chi connectivity index (χ3v) is 3.61. The topological polar surface area (TPSA) is 53.4 Å². The number of hydrogen-bond acceptors (Lipinski definition) is 3. The summed E-state index contributed by atoms with van der Waals surface area (Å²) in [5, 5.41) is 9.40. The number of hydrogen-bond donors (Lipinski definition) is 1. The lowest BCUT2D eigenvalue weighted by molar-refractivity contribution is 0.0738. The minimum Gasteiger partial charge on any atom is -0.506 e. The molecule has 0 bridgehead atoms. The van der Waals surface area contributed by atoms with E-state index in [1.54, 1.807) is 0 Å². The molecule has 0 saturated heterocycles. The van der Waals surface area contributed by atoms with Crippen LogP contribution in [-0.4, -0.2) is 34.0 Å². The molecule has 0 aliphatic heterocycles. The highest BCUT2D eigenvalue weighted by Crippen LogP contribution is 2.34. The summed E-state index contributed by atoms with van der Waals surface area (Å²) in [6, 6.07) is 1.50. The molecule has 1 amide bonds. The van der Waals surface area contributed by atoms with Gasteiger partial charge in [-0.1, -0.05) is 0 Å². The monoisotopic (exact) mass is 246 g/mol. The highest BCUT2D eigenvalue weighted by molar-refractivity contribution is 5.94. The maximum absolute atomic E-state index is 12.4. The Morgan fingerprint density at radius 3 is 2.33 bits per heavy atom. The number of nitrogens with zero attached hydrogens (tertiary/aromatic N) is 2. The van der Waals surface area contributed by atoms with Crippen LogP contribution in [0.15, 0.2) is 18.5 Å². The van der Waals surface area contributed by atoms with E-state index < -0.39 is 0 Å². The predicted octanol–water partition coefficient (Wildman–Crippen LogP) is 2.05. The fraction of sp³-hybridized carbons (Fsp3) is 0.571. The molecule has 2 aliphatic rings. The molecule has 3 rings (SSSR count). The van der Waals surface area contributed by atoms with E-state index in [1.165, 1.54) is 44.1 Å². The number of amides is 1. The van der Waals surface area contributed by atoms with E-state index in [0.717, 1.165) is 13.1 Å². The molecule has 96 valence electrons. The Bertz CT molecular complexity index is 439. The summed E-state index contributed by atoms with van der Waals surface area (Å²) in [5.74, 6) is 1.45. The fourth-order valence-electron chi connectivity index (χ4n) is 2.19. The Morgan fingerprint density at radius 2 is 1.83 bits per heavy atom. The molecule has 0 radical (unpaired) electrons. The minimum absolute atomic E-state index is 0.0113. The van der Waals surface area contributed by atoms with Gasteiger partial charge in [0.2, 0.25) is 0 Å². The third kappa shape index (κ3) is 2.81. The quantitative estimate of drug-likeness (QED) is 0.865. The van der Waals surface area contributed by atoms with Crippen molar-refractivity contribution in [1.29, 1.82) is 0 Å². The summed E-state index contributed by atoms with van der Waals surface area (Å²) >= 11 is 0. The number of aromatic hydroxyl groups is 1. The van der Waals surface area contributed by atoms with Gasteiger partial charge in [0.15, 0.2) is 0 Å². The van der Waals surface area contributed by atoms with Crippen LogP contribution < -0.4 is 0 Å². The van der Waals surface area contributed by atoms with E-state index in [2.05, 4.69) is 4.98 Å². The lowest BCUT2D eigenvalue weighted by atomic mass is 10.2. The highest BCUT2D eigenvalue weighted by atomic mass is 16.3. The number of rotatable bonds is 5. The van der Waals surface area contributed by atoms with Gasteiger partial charge in [0.25, 0.3) is 5.91 Å². The van der Waals surface area contributed by atoms with Gasteiger partial charge in [0.1, 0.15) is 5.75 Å². The lowest BCUT2D eigenvalue weighted by Crippen LogP contribution is -2.34. The van der Waals surface area contributed by atoms with Gasteiger partial charge >= 0.3 is 0 Å².